The summed E-state index contributed by atoms with van der Waals surface area (Å²) in [6.45, 7) is 8.01. The van der Waals surface area contributed by atoms with Crippen LogP contribution in [-0.4, -0.2) is 22.3 Å². The van der Waals surface area contributed by atoms with Crippen molar-refractivity contribution in [2.24, 2.45) is 0 Å². The third kappa shape index (κ3) is 11.0. The number of carboxylic acid groups (broad SMARTS) is 1. The number of carbonyl (C=O) groups is 1. The molecule has 92 valence electrons. The van der Waals surface area contributed by atoms with Crippen molar-refractivity contribution in [1.82, 2.24) is 4.98 Å². The van der Waals surface area contributed by atoms with Crippen molar-refractivity contribution in [2.75, 3.05) is 5.75 Å². The number of hydrogen-bond acceptors (Lipinski definition) is 3. The second-order valence-corrected chi connectivity index (χ2v) is 3.82. The first-order valence-electron chi connectivity index (χ1n) is 5.36. The smallest absolute Gasteiger partial charge is 0.290 e. The minimum atomic E-state index is -0.250. The fraction of sp³-hybridized carbons (Fsp3) is 0.500. The van der Waals surface area contributed by atoms with Crippen molar-refractivity contribution in [3.05, 3.63) is 24.0 Å². The molecule has 0 atom stereocenters. The zero-order chi connectivity index (χ0) is 12.8. The van der Waals surface area contributed by atoms with E-state index in [1.165, 1.54) is 22.6 Å². The van der Waals surface area contributed by atoms with Crippen LogP contribution >= 0.6 is 11.8 Å². The van der Waals surface area contributed by atoms with Gasteiger partial charge in [0.1, 0.15) is 0 Å². The highest BCUT2D eigenvalue weighted by Gasteiger charge is 1.92. The van der Waals surface area contributed by atoms with E-state index in [9.17, 15) is 0 Å². The van der Waals surface area contributed by atoms with Gasteiger partial charge in [0.15, 0.2) is 0 Å². The molecule has 3 nitrogen and oxygen atoms in total. The molecule has 0 radical (unpaired) electrons. The van der Waals surface area contributed by atoms with E-state index in [1.54, 1.807) is 0 Å². The van der Waals surface area contributed by atoms with Crippen LogP contribution < -0.4 is 0 Å². The number of aryl methyl sites for hydroxylation is 1. The lowest BCUT2D eigenvalue weighted by Gasteiger charge is -1.98. The minimum absolute atomic E-state index is 0.250. The Morgan fingerprint density at radius 1 is 1.44 bits per heavy atom. The number of pyridine rings is 1. The van der Waals surface area contributed by atoms with Gasteiger partial charge in [-0.25, -0.2) is 0 Å². The Hall–Kier alpha value is -1.03. The van der Waals surface area contributed by atoms with Crippen LogP contribution in [0.5, 0.6) is 0 Å². The van der Waals surface area contributed by atoms with Gasteiger partial charge in [0, 0.05) is 17.3 Å². The lowest BCUT2D eigenvalue weighted by Crippen LogP contribution is -1.80. The topological polar surface area (TPSA) is 50.2 Å². The molecule has 1 N–H and O–H groups in total. The summed E-state index contributed by atoms with van der Waals surface area (Å²) in [4.78, 5) is 13.8. The van der Waals surface area contributed by atoms with Crippen LogP contribution in [-0.2, 0) is 4.79 Å². The van der Waals surface area contributed by atoms with Gasteiger partial charge in [-0.3, -0.25) is 9.78 Å². The van der Waals surface area contributed by atoms with Gasteiger partial charge >= 0.3 is 0 Å². The van der Waals surface area contributed by atoms with E-state index < -0.39 is 0 Å². The highest BCUT2D eigenvalue weighted by molar-refractivity contribution is 7.99. The average Bonchev–Trinajstić information content (AvgIpc) is 2.30. The monoisotopic (exact) mass is 243 g/mol. The van der Waals surface area contributed by atoms with Crippen LogP contribution in [0.25, 0.3) is 0 Å². The van der Waals surface area contributed by atoms with Crippen LogP contribution in [0, 0.1) is 6.92 Å². The van der Waals surface area contributed by atoms with Crippen LogP contribution in [0.4, 0.5) is 0 Å². The maximum atomic E-state index is 8.36. The second-order valence-electron chi connectivity index (χ2n) is 2.65. The Morgan fingerprint density at radius 3 is 2.44 bits per heavy atom. The fourth-order valence-electron chi connectivity index (χ4n) is 0.826. The lowest BCUT2D eigenvalue weighted by atomic mass is 10.3. The van der Waals surface area contributed by atoms with Crippen molar-refractivity contribution < 1.29 is 9.90 Å². The van der Waals surface area contributed by atoms with E-state index in [2.05, 4.69) is 24.9 Å². The predicted molar refractivity (Wildman–Crippen MR) is 70.0 cm³/mol. The Balaban J connectivity index is 0. The van der Waals surface area contributed by atoms with Crippen LogP contribution in [0.1, 0.15) is 32.8 Å². The first-order valence-corrected chi connectivity index (χ1v) is 6.35. The summed E-state index contributed by atoms with van der Waals surface area (Å²) in [5.74, 6) is 1.19. The molecular formula is C12H21NO2S. The molecule has 1 heterocycles. The van der Waals surface area contributed by atoms with Crippen molar-refractivity contribution in [3.8, 4) is 0 Å². The van der Waals surface area contributed by atoms with E-state index in [0.717, 1.165) is 0 Å². The minimum Gasteiger partial charge on any atom is -0.483 e. The third-order valence-electron chi connectivity index (χ3n) is 1.32. The first kappa shape index (κ1) is 17.4. The Kier molecular flexibility index (Phi) is 15.2. The Morgan fingerprint density at radius 2 is 2.00 bits per heavy atom. The molecule has 16 heavy (non-hydrogen) atoms. The summed E-state index contributed by atoms with van der Waals surface area (Å²) < 4.78 is 0. The van der Waals surface area contributed by atoms with Gasteiger partial charge in [-0.15, -0.1) is 11.8 Å². The number of aromatic nitrogens is 1. The largest absolute Gasteiger partial charge is 0.483 e. The van der Waals surface area contributed by atoms with Gasteiger partial charge in [0.05, 0.1) is 0 Å². The summed E-state index contributed by atoms with van der Waals surface area (Å²) in [5, 5.41) is 6.89. The third-order valence-corrected chi connectivity index (χ3v) is 2.49. The SMILES string of the molecule is CC.CCCSc1cncc(C)c1.O=CO. The number of hydrogen-bond donors (Lipinski definition) is 1. The van der Waals surface area contributed by atoms with Gasteiger partial charge in [-0.1, -0.05) is 20.8 Å². The van der Waals surface area contributed by atoms with E-state index in [1.807, 2.05) is 38.0 Å². The molecule has 0 bridgehead atoms. The molecular weight excluding hydrogens is 222 g/mol. The summed E-state index contributed by atoms with van der Waals surface area (Å²) in [6.07, 6.45) is 5.03. The summed E-state index contributed by atoms with van der Waals surface area (Å²) in [7, 11) is 0. The van der Waals surface area contributed by atoms with Crippen molar-refractivity contribution >= 4 is 18.2 Å². The van der Waals surface area contributed by atoms with Crippen LogP contribution in [0.2, 0.25) is 0 Å². The molecule has 0 amide bonds. The quantitative estimate of drug-likeness (QED) is 0.650. The molecule has 1 aromatic heterocycles. The molecule has 1 aromatic rings. The zero-order valence-corrected chi connectivity index (χ0v) is 11.3. The normalized spacial score (nSPS) is 8.00. The summed E-state index contributed by atoms with van der Waals surface area (Å²) >= 11 is 1.87. The molecule has 4 heteroatoms. The number of rotatable bonds is 3. The molecule has 0 aliphatic heterocycles. The zero-order valence-electron chi connectivity index (χ0n) is 10.4. The van der Waals surface area contributed by atoms with Gasteiger partial charge in [0.25, 0.3) is 6.47 Å². The number of nitrogens with zero attached hydrogens (tertiary/aromatic N) is 1. The van der Waals surface area contributed by atoms with Crippen LogP contribution in [0.3, 0.4) is 0 Å². The summed E-state index contributed by atoms with van der Waals surface area (Å²) in [6, 6.07) is 2.17. The van der Waals surface area contributed by atoms with Gasteiger partial charge in [-0.05, 0) is 30.7 Å². The highest BCUT2D eigenvalue weighted by atomic mass is 32.2. The fourth-order valence-corrected chi connectivity index (χ4v) is 1.67. The van der Waals surface area contributed by atoms with Crippen molar-refractivity contribution in [1.29, 1.82) is 0 Å². The molecule has 0 aromatic carbocycles. The van der Waals surface area contributed by atoms with Crippen molar-refractivity contribution in [3.63, 3.8) is 0 Å². The maximum Gasteiger partial charge on any atom is 0.290 e. The maximum absolute atomic E-state index is 8.36. The molecule has 0 spiro atoms. The Labute approximate surface area is 102 Å². The number of thioether (sulfide) groups is 1. The summed E-state index contributed by atoms with van der Waals surface area (Å²) in [5.41, 5.74) is 1.24. The van der Waals surface area contributed by atoms with Gasteiger partial charge in [-0.2, -0.15) is 0 Å². The molecule has 0 aliphatic carbocycles. The van der Waals surface area contributed by atoms with Gasteiger partial charge in [0.2, 0.25) is 0 Å². The van der Waals surface area contributed by atoms with Gasteiger partial charge < -0.3 is 5.11 Å². The van der Waals surface area contributed by atoms with Crippen molar-refractivity contribution in [2.45, 2.75) is 39.0 Å². The molecule has 0 saturated heterocycles. The standard InChI is InChI=1S/C9H13NS.C2H6.CH2O2/c1-3-4-11-9-5-8(2)6-10-7-9;1-2;2-1-3/h5-7H,3-4H2,1-2H3;1-2H3;1H,(H,2,3). The van der Waals surface area contributed by atoms with E-state index in [-0.39, 0.29) is 6.47 Å². The van der Waals surface area contributed by atoms with E-state index in [4.69, 9.17) is 9.90 Å². The van der Waals surface area contributed by atoms with E-state index in [0.29, 0.717) is 0 Å². The molecule has 0 unspecified atom stereocenters. The second kappa shape index (κ2) is 14.0. The molecule has 0 saturated carbocycles. The van der Waals surface area contributed by atoms with Crippen LogP contribution in [0.15, 0.2) is 23.4 Å². The average molecular weight is 243 g/mol. The Bertz CT molecular complexity index is 267. The molecule has 0 aliphatic rings. The van der Waals surface area contributed by atoms with E-state index >= 15 is 0 Å². The first-order chi connectivity index (χ1) is 7.74. The predicted octanol–water partition coefficient (Wildman–Crippen LogP) is 3.62. The highest BCUT2D eigenvalue weighted by Crippen LogP contribution is 2.17. The molecule has 1 rings (SSSR count). The lowest BCUT2D eigenvalue weighted by molar-refractivity contribution is -0.122. The molecule has 0 fully saturated rings.